The number of nitrogens with two attached hydrogens (primary N) is 1. The molecule has 1 aromatic carbocycles. The van der Waals surface area contributed by atoms with E-state index in [1.807, 2.05) is 30.2 Å². The normalized spacial score (nSPS) is 20.4. The van der Waals surface area contributed by atoms with Crippen LogP contribution in [0.5, 0.6) is 5.75 Å². The van der Waals surface area contributed by atoms with Crippen LogP contribution in [0.4, 0.5) is 0 Å². The molecule has 1 aliphatic heterocycles. The molecule has 0 spiro atoms. The van der Waals surface area contributed by atoms with E-state index in [-0.39, 0.29) is 12.1 Å². The van der Waals surface area contributed by atoms with Gasteiger partial charge in [-0.1, -0.05) is 12.1 Å². The summed E-state index contributed by atoms with van der Waals surface area (Å²) in [6, 6.07) is 8.14. The number of rotatable bonds is 4. The molecule has 0 bridgehead atoms. The van der Waals surface area contributed by atoms with Crippen LogP contribution in [-0.4, -0.2) is 31.4 Å². The fourth-order valence-corrected chi connectivity index (χ4v) is 2.39. The van der Waals surface area contributed by atoms with Crippen LogP contribution < -0.4 is 10.5 Å². The number of benzene rings is 1. The average molecular weight is 250 g/mol. The Labute approximate surface area is 109 Å². The summed E-state index contributed by atoms with van der Waals surface area (Å²) in [5, 5.41) is 2.02. The van der Waals surface area contributed by atoms with Crippen LogP contribution in [0.1, 0.15) is 31.4 Å². The van der Waals surface area contributed by atoms with Crippen LogP contribution in [-0.2, 0) is 4.84 Å². The minimum Gasteiger partial charge on any atom is -0.497 e. The van der Waals surface area contributed by atoms with Gasteiger partial charge < -0.3 is 10.5 Å². The summed E-state index contributed by atoms with van der Waals surface area (Å²) in [5.74, 6) is 0.857. The Morgan fingerprint density at radius 3 is 2.83 bits per heavy atom. The lowest BCUT2D eigenvalue weighted by molar-refractivity contribution is -0.211. The van der Waals surface area contributed by atoms with Crippen molar-refractivity contribution in [3.05, 3.63) is 29.8 Å². The molecule has 1 fully saturated rings. The van der Waals surface area contributed by atoms with Crippen molar-refractivity contribution in [1.29, 1.82) is 0 Å². The van der Waals surface area contributed by atoms with Gasteiger partial charge in [-0.15, -0.1) is 0 Å². The molecule has 2 atom stereocenters. The second-order valence-corrected chi connectivity index (χ2v) is 4.76. The largest absolute Gasteiger partial charge is 0.497 e. The molecule has 1 aliphatic rings. The van der Waals surface area contributed by atoms with E-state index in [4.69, 9.17) is 15.3 Å². The highest BCUT2D eigenvalue weighted by atomic mass is 16.7. The SMILES string of the molecule is COc1cccc(C(C(C)N)N2CCCCO2)c1. The van der Waals surface area contributed by atoms with Crippen molar-refractivity contribution in [3.8, 4) is 5.75 Å². The van der Waals surface area contributed by atoms with E-state index < -0.39 is 0 Å². The summed E-state index contributed by atoms with van der Waals surface area (Å²) in [6.07, 6.45) is 2.29. The molecule has 2 unspecified atom stereocenters. The van der Waals surface area contributed by atoms with Crippen LogP contribution in [0.25, 0.3) is 0 Å². The number of methoxy groups -OCH3 is 1. The maximum Gasteiger partial charge on any atom is 0.119 e. The number of hydroxylamine groups is 2. The monoisotopic (exact) mass is 250 g/mol. The van der Waals surface area contributed by atoms with Gasteiger partial charge in [0.05, 0.1) is 19.8 Å². The van der Waals surface area contributed by atoms with Crippen LogP contribution in [0.2, 0.25) is 0 Å². The summed E-state index contributed by atoms with van der Waals surface area (Å²) < 4.78 is 5.27. The van der Waals surface area contributed by atoms with Gasteiger partial charge in [0.1, 0.15) is 5.75 Å². The molecule has 0 aromatic heterocycles. The number of hydrogen-bond acceptors (Lipinski definition) is 4. The van der Waals surface area contributed by atoms with Gasteiger partial charge in [-0.2, -0.15) is 5.06 Å². The zero-order valence-corrected chi connectivity index (χ0v) is 11.1. The van der Waals surface area contributed by atoms with Crippen molar-refractivity contribution in [2.75, 3.05) is 20.3 Å². The molecule has 1 aromatic rings. The molecule has 4 nitrogen and oxygen atoms in total. The molecule has 1 heterocycles. The van der Waals surface area contributed by atoms with Crippen LogP contribution in [0.3, 0.4) is 0 Å². The van der Waals surface area contributed by atoms with Crippen LogP contribution in [0.15, 0.2) is 24.3 Å². The van der Waals surface area contributed by atoms with Gasteiger partial charge in [0.2, 0.25) is 0 Å². The quantitative estimate of drug-likeness (QED) is 0.889. The summed E-state index contributed by atoms with van der Waals surface area (Å²) in [4.78, 5) is 5.74. The number of hydrogen-bond donors (Lipinski definition) is 1. The summed E-state index contributed by atoms with van der Waals surface area (Å²) in [7, 11) is 1.68. The zero-order valence-electron chi connectivity index (χ0n) is 11.1. The smallest absolute Gasteiger partial charge is 0.119 e. The summed E-state index contributed by atoms with van der Waals surface area (Å²) in [5.41, 5.74) is 7.27. The Morgan fingerprint density at radius 1 is 1.39 bits per heavy atom. The Kier molecular flexibility index (Phi) is 4.58. The van der Waals surface area contributed by atoms with Crippen molar-refractivity contribution in [2.24, 2.45) is 5.73 Å². The molecular formula is C14H22N2O2. The molecular weight excluding hydrogens is 228 g/mol. The molecule has 1 saturated heterocycles. The first-order valence-electron chi connectivity index (χ1n) is 6.51. The number of ether oxygens (including phenoxy) is 1. The van der Waals surface area contributed by atoms with E-state index in [9.17, 15) is 0 Å². The third kappa shape index (κ3) is 3.02. The van der Waals surface area contributed by atoms with Crippen molar-refractivity contribution < 1.29 is 9.57 Å². The van der Waals surface area contributed by atoms with E-state index in [0.29, 0.717) is 0 Å². The highest BCUT2D eigenvalue weighted by molar-refractivity contribution is 5.31. The molecule has 0 radical (unpaired) electrons. The maximum atomic E-state index is 6.13. The number of nitrogens with zero attached hydrogens (tertiary/aromatic N) is 1. The standard InChI is InChI=1S/C14H22N2O2/c1-11(15)14(16-8-3-4-9-18-16)12-6-5-7-13(10-12)17-2/h5-7,10-11,14H,3-4,8-9,15H2,1-2H3. The predicted molar refractivity (Wildman–Crippen MR) is 71.3 cm³/mol. The van der Waals surface area contributed by atoms with Gasteiger partial charge in [0, 0.05) is 12.6 Å². The molecule has 2 N–H and O–H groups in total. The Morgan fingerprint density at radius 2 is 2.22 bits per heavy atom. The highest BCUT2D eigenvalue weighted by Crippen LogP contribution is 2.28. The van der Waals surface area contributed by atoms with Gasteiger partial charge in [0.15, 0.2) is 0 Å². The summed E-state index contributed by atoms with van der Waals surface area (Å²) >= 11 is 0. The van der Waals surface area contributed by atoms with E-state index in [2.05, 4.69) is 6.07 Å². The Hall–Kier alpha value is -1.10. The van der Waals surface area contributed by atoms with Gasteiger partial charge in [-0.05, 0) is 37.5 Å². The molecule has 2 rings (SSSR count). The minimum atomic E-state index is 0.00945. The van der Waals surface area contributed by atoms with Crippen LogP contribution >= 0.6 is 0 Å². The Bertz CT molecular complexity index is 376. The lowest BCUT2D eigenvalue weighted by Crippen LogP contribution is -2.42. The molecule has 0 saturated carbocycles. The minimum absolute atomic E-state index is 0.00945. The van der Waals surface area contributed by atoms with E-state index >= 15 is 0 Å². The molecule has 4 heteroatoms. The van der Waals surface area contributed by atoms with E-state index in [1.165, 1.54) is 0 Å². The molecule has 100 valence electrons. The Balaban J connectivity index is 2.22. The molecule has 18 heavy (non-hydrogen) atoms. The fraction of sp³-hybridized carbons (Fsp3) is 0.571. The topological polar surface area (TPSA) is 47.7 Å². The first-order valence-corrected chi connectivity index (χ1v) is 6.51. The zero-order chi connectivity index (χ0) is 13.0. The van der Waals surface area contributed by atoms with E-state index in [1.54, 1.807) is 7.11 Å². The van der Waals surface area contributed by atoms with Crippen molar-refractivity contribution >= 4 is 0 Å². The van der Waals surface area contributed by atoms with E-state index in [0.717, 1.165) is 37.3 Å². The second kappa shape index (κ2) is 6.18. The first-order chi connectivity index (χ1) is 8.72. The molecule has 0 aliphatic carbocycles. The summed E-state index contributed by atoms with van der Waals surface area (Å²) in [6.45, 7) is 3.73. The lowest BCUT2D eigenvalue weighted by atomic mass is 10.00. The van der Waals surface area contributed by atoms with Crippen molar-refractivity contribution in [3.63, 3.8) is 0 Å². The van der Waals surface area contributed by atoms with Crippen molar-refractivity contribution in [1.82, 2.24) is 5.06 Å². The third-order valence-electron chi connectivity index (χ3n) is 3.27. The first kappa shape index (κ1) is 13.3. The molecule has 0 amide bonds. The maximum absolute atomic E-state index is 6.13. The highest BCUT2D eigenvalue weighted by Gasteiger charge is 2.26. The van der Waals surface area contributed by atoms with Crippen LogP contribution in [0, 0.1) is 0 Å². The third-order valence-corrected chi connectivity index (χ3v) is 3.27. The fourth-order valence-electron chi connectivity index (χ4n) is 2.39. The average Bonchev–Trinajstić information content (AvgIpc) is 2.40. The second-order valence-electron chi connectivity index (χ2n) is 4.76. The van der Waals surface area contributed by atoms with Crippen molar-refractivity contribution in [2.45, 2.75) is 31.8 Å². The van der Waals surface area contributed by atoms with Gasteiger partial charge >= 0.3 is 0 Å². The van der Waals surface area contributed by atoms with Gasteiger partial charge in [0.25, 0.3) is 0 Å². The van der Waals surface area contributed by atoms with Gasteiger partial charge in [-0.25, -0.2) is 0 Å². The predicted octanol–water partition coefficient (Wildman–Crippen LogP) is 2.11. The van der Waals surface area contributed by atoms with Gasteiger partial charge in [-0.3, -0.25) is 4.84 Å². The lowest BCUT2D eigenvalue weighted by Gasteiger charge is -2.36.